The summed E-state index contributed by atoms with van der Waals surface area (Å²) in [4.78, 5) is 6.77. The van der Waals surface area contributed by atoms with Gasteiger partial charge < -0.3 is 4.74 Å². The number of aryl methyl sites for hydroxylation is 1. The van der Waals surface area contributed by atoms with Gasteiger partial charge in [0.15, 0.2) is 9.84 Å². The molecule has 146 valence electrons. The molecular formula is C21H28N2O3S. The van der Waals surface area contributed by atoms with Crippen LogP contribution in [0.15, 0.2) is 47.5 Å². The SMILES string of the molecule is Cc1ccc(S(=O)(=O)C[C@@H]2CCN(Cc3ccc(OC(C)C)cc3)C2)cn1. The van der Waals surface area contributed by atoms with Crippen LogP contribution in [0.4, 0.5) is 0 Å². The number of nitrogens with zero attached hydrogens (tertiary/aromatic N) is 2. The van der Waals surface area contributed by atoms with E-state index in [1.54, 1.807) is 12.1 Å². The minimum atomic E-state index is -3.28. The summed E-state index contributed by atoms with van der Waals surface area (Å²) in [5.41, 5.74) is 2.04. The maximum atomic E-state index is 12.6. The van der Waals surface area contributed by atoms with Crippen LogP contribution in [0.3, 0.4) is 0 Å². The Morgan fingerprint density at radius 1 is 1.19 bits per heavy atom. The zero-order valence-corrected chi connectivity index (χ0v) is 17.1. The van der Waals surface area contributed by atoms with Gasteiger partial charge in [-0.25, -0.2) is 8.42 Å². The van der Waals surface area contributed by atoms with Crippen molar-refractivity contribution in [1.29, 1.82) is 0 Å². The second kappa shape index (κ2) is 8.40. The zero-order valence-electron chi connectivity index (χ0n) is 16.3. The van der Waals surface area contributed by atoms with Crippen molar-refractivity contribution >= 4 is 9.84 Å². The molecule has 1 aromatic carbocycles. The van der Waals surface area contributed by atoms with Gasteiger partial charge in [-0.1, -0.05) is 12.1 Å². The topological polar surface area (TPSA) is 59.5 Å². The third kappa shape index (κ3) is 5.53. The van der Waals surface area contributed by atoms with Crippen LogP contribution in [-0.2, 0) is 16.4 Å². The van der Waals surface area contributed by atoms with Gasteiger partial charge in [0.05, 0.1) is 16.8 Å². The quantitative estimate of drug-likeness (QED) is 0.727. The van der Waals surface area contributed by atoms with Crippen LogP contribution < -0.4 is 4.74 Å². The van der Waals surface area contributed by atoms with Gasteiger partial charge in [0.2, 0.25) is 0 Å². The molecule has 1 atom stereocenters. The molecule has 5 nitrogen and oxygen atoms in total. The van der Waals surface area contributed by atoms with Crippen LogP contribution in [0.1, 0.15) is 31.5 Å². The third-order valence-electron chi connectivity index (χ3n) is 4.77. The molecule has 2 aromatic rings. The molecule has 1 fully saturated rings. The van der Waals surface area contributed by atoms with Crippen LogP contribution in [0.25, 0.3) is 0 Å². The maximum Gasteiger partial charge on any atom is 0.180 e. The van der Waals surface area contributed by atoms with E-state index >= 15 is 0 Å². The number of benzene rings is 1. The molecule has 1 aliphatic heterocycles. The summed E-state index contributed by atoms with van der Waals surface area (Å²) >= 11 is 0. The molecule has 0 N–H and O–H groups in total. The Morgan fingerprint density at radius 2 is 1.93 bits per heavy atom. The maximum absolute atomic E-state index is 12.6. The summed E-state index contributed by atoms with van der Waals surface area (Å²) in [5.74, 6) is 1.24. The number of rotatable bonds is 7. The molecule has 0 amide bonds. The standard InChI is InChI=1S/C21H28N2O3S/c1-16(2)26-20-7-5-18(6-8-20)13-23-11-10-19(14-23)15-27(24,25)21-9-4-17(3)22-12-21/h4-9,12,16,19H,10-11,13-15H2,1-3H3/t19-/m1/s1. The lowest BCUT2D eigenvalue weighted by Crippen LogP contribution is -2.23. The lowest BCUT2D eigenvalue weighted by atomic mass is 10.1. The Kier molecular flexibility index (Phi) is 6.17. The molecule has 1 aliphatic rings. The number of hydrogen-bond acceptors (Lipinski definition) is 5. The van der Waals surface area contributed by atoms with Crippen molar-refractivity contribution in [2.24, 2.45) is 5.92 Å². The van der Waals surface area contributed by atoms with Crippen molar-refractivity contribution in [1.82, 2.24) is 9.88 Å². The van der Waals surface area contributed by atoms with Crippen molar-refractivity contribution < 1.29 is 13.2 Å². The smallest absolute Gasteiger partial charge is 0.180 e. The third-order valence-corrected chi connectivity index (χ3v) is 6.64. The van der Waals surface area contributed by atoms with E-state index in [1.165, 1.54) is 11.8 Å². The summed E-state index contributed by atoms with van der Waals surface area (Å²) < 4.78 is 30.9. The highest BCUT2D eigenvalue weighted by atomic mass is 32.2. The predicted molar refractivity (Wildman–Crippen MR) is 107 cm³/mol. The number of sulfone groups is 1. The molecule has 0 saturated carbocycles. The summed E-state index contributed by atoms with van der Waals surface area (Å²) in [6.07, 6.45) is 2.55. The Hall–Kier alpha value is -1.92. The molecule has 0 spiro atoms. The normalized spacial score (nSPS) is 18.1. The molecule has 1 saturated heterocycles. The van der Waals surface area contributed by atoms with Crippen LogP contribution in [0, 0.1) is 12.8 Å². The molecular weight excluding hydrogens is 360 g/mol. The van der Waals surface area contributed by atoms with Crippen molar-refractivity contribution in [3.63, 3.8) is 0 Å². The lowest BCUT2D eigenvalue weighted by molar-refractivity contribution is 0.242. The van der Waals surface area contributed by atoms with Crippen molar-refractivity contribution in [3.05, 3.63) is 53.9 Å². The molecule has 6 heteroatoms. The Balaban J connectivity index is 1.54. The summed E-state index contributed by atoms with van der Waals surface area (Å²) in [5, 5.41) is 0. The number of pyridine rings is 1. The predicted octanol–water partition coefficient (Wildman–Crippen LogP) is 3.47. The van der Waals surface area contributed by atoms with E-state index in [-0.39, 0.29) is 17.8 Å². The molecule has 1 aromatic heterocycles. The zero-order chi connectivity index (χ0) is 19.4. The first-order chi connectivity index (χ1) is 12.8. The van der Waals surface area contributed by atoms with E-state index in [9.17, 15) is 8.42 Å². The Bertz CT molecular complexity index is 846. The molecule has 27 heavy (non-hydrogen) atoms. The van der Waals surface area contributed by atoms with Gasteiger partial charge in [-0.05, 0) is 69.5 Å². The number of aromatic nitrogens is 1. The van der Waals surface area contributed by atoms with Crippen LogP contribution in [-0.4, -0.2) is 43.2 Å². The highest BCUT2D eigenvalue weighted by Gasteiger charge is 2.28. The van der Waals surface area contributed by atoms with E-state index < -0.39 is 9.84 Å². The van der Waals surface area contributed by atoms with Crippen molar-refractivity contribution in [3.8, 4) is 5.75 Å². The first-order valence-corrected chi connectivity index (χ1v) is 11.1. The summed E-state index contributed by atoms with van der Waals surface area (Å²) in [6.45, 7) is 8.45. The first-order valence-electron chi connectivity index (χ1n) is 9.45. The van der Waals surface area contributed by atoms with Crippen molar-refractivity contribution in [2.45, 2.75) is 44.7 Å². The van der Waals surface area contributed by atoms with Crippen molar-refractivity contribution in [2.75, 3.05) is 18.8 Å². The van der Waals surface area contributed by atoms with E-state index in [0.717, 1.165) is 37.5 Å². The van der Waals surface area contributed by atoms with Gasteiger partial charge in [0.1, 0.15) is 5.75 Å². The average Bonchev–Trinajstić information content (AvgIpc) is 3.03. The highest BCUT2D eigenvalue weighted by Crippen LogP contribution is 2.24. The molecule has 2 heterocycles. The lowest BCUT2D eigenvalue weighted by Gasteiger charge is -2.17. The van der Waals surface area contributed by atoms with Gasteiger partial charge >= 0.3 is 0 Å². The highest BCUT2D eigenvalue weighted by molar-refractivity contribution is 7.91. The van der Waals surface area contributed by atoms with E-state index in [0.29, 0.717) is 4.90 Å². The van der Waals surface area contributed by atoms with Gasteiger partial charge in [-0.15, -0.1) is 0 Å². The fourth-order valence-corrected chi connectivity index (χ4v) is 5.01. The van der Waals surface area contributed by atoms with Gasteiger partial charge in [0.25, 0.3) is 0 Å². The largest absolute Gasteiger partial charge is 0.491 e. The van der Waals surface area contributed by atoms with Crippen LogP contribution in [0.5, 0.6) is 5.75 Å². The number of ether oxygens (including phenoxy) is 1. The van der Waals surface area contributed by atoms with E-state index in [2.05, 4.69) is 22.0 Å². The first kappa shape index (κ1) is 19.8. The van der Waals surface area contributed by atoms with Gasteiger partial charge in [-0.2, -0.15) is 0 Å². The van der Waals surface area contributed by atoms with E-state index in [4.69, 9.17) is 4.74 Å². The van der Waals surface area contributed by atoms with E-state index in [1.807, 2.05) is 32.9 Å². The molecule has 0 radical (unpaired) electrons. The van der Waals surface area contributed by atoms with Gasteiger partial charge in [0, 0.05) is 25.0 Å². The summed E-state index contributed by atoms with van der Waals surface area (Å²) in [6, 6.07) is 11.6. The van der Waals surface area contributed by atoms with Crippen LogP contribution in [0.2, 0.25) is 0 Å². The monoisotopic (exact) mass is 388 g/mol. The molecule has 0 unspecified atom stereocenters. The Morgan fingerprint density at radius 3 is 2.56 bits per heavy atom. The fourth-order valence-electron chi connectivity index (χ4n) is 3.44. The number of hydrogen-bond donors (Lipinski definition) is 0. The average molecular weight is 389 g/mol. The molecule has 0 aliphatic carbocycles. The Labute approximate surface area is 162 Å². The molecule has 3 rings (SSSR count). The molecule has 0 bridgehead atoms. The van der Waals surface area contributed by atoms with Crippen LogP contribution >= 0.6 is 0 Å². The summed E-state index contributed by atoms with van der Waals surface area (Å²) in [7, 11) is -3.28. The number of likely N-dealkylation sites (tertiary alicyclic amines) is 1. The second-order valence-electron chi connectivity index (χ2n) is 7.62. The van der Waals surface area contributed by atoms with Gasteiger partial charge in [-0.3, -0.25) is 9.88 Å². The second-order valence-corrected chi connectivity index (χ2v) is 9.65. The minimum Gasteiger partial charge on any atom is -0.491 e. The fraction of sp³-hybridized carbons (Fsp3) is 0.476. The minimum absolute atomic E-state index is 0.167.